The van der Waals surface area contributed by atoms with Crippen molar-refractivity contribution in [2.24, 2.45) is 0 Å². The molecular weight excluding hydrogens is 407 g/mol. The minimum Gasteiger partial charge on any atom is -0.493 e. The van der Waals surface area contributed by atoms with Gasteiger partial charge in [0.05, 0.1) is 28.4 Å². The summed E-state index contributed by atoms with van der Waals surface area (Å²) in [6, 6.07) is 12.4. The van der Waals surface area contributed by atoms with Crippen molar-refractivity contribution in [3.63, 3.8) is 0 Å². The van der Waals surface area contributed by atoms with Gasteiger partial charge in [-0.25, -0.2) is 9.78 Å². The monoisotopic (exact) mass is 418 g/mol. The zero-order valence-corrected chi connectivity index (χ0v) is 16.3. The van der Waals surface area contributed by atoms with Gasteiger partial charge >= 0.3 is 5.63 Å². The molecule has 0 bridgehead atoms. The second kappa shape index (κ2) is 7.23. The lowest BCUT2D eigenvalue weighted by Crippen LogP contribution is -2.03. The lowest BCUT2D eigenvalue weighted by atomic mass is 10.1. The van der Waals surface area contributed by atoms with Gasteiger partial charge in [0.25, 0.3) is 0 Å². The Kier molecular flexibility index (Phi) is 4.78. The topological polar surface area (TPSA) is 64.4 Å². The van der Waals surface area contributed by atoms with E-state index in [-0.39, 0.29) is 0 Å². The molecule has 0 aliphatic rings. The summed E-state index contributed by atoms with van der Waals surface area (Å²) < 4.78 is 10.7. The fourth-order valence-corrected chi connectivity index (χ4v) is 3.64. The van der Waals surface area contributed by atoms with Gasteiger partial charge in [-0.05, 0) is 30.3 Å². The number of fused-ring (bicyclic) bond motifs is 1. The van der Waals surface area contributed by atoms with Crippen molar-refractivity contribution in [1.82, 2.24) is 4.98 Å². The second-order valence-corrected chi connectivity index (χ2v) is 7.29. The molecule has 136 valence electrons. The van der Waals surface area contributed by atoms with Gasteiger partial charge < -0.3 is 14.5 Å². The average Bonchev–Trinajstić information content (AvgIpc) is 3.12. The molecule has 2 aromatic carbocycles. The number of nitrogens with one attached hydrogen (secondary N) is 1. The maximum Gasteiger partial charge on any atom is 0.345 e. The highest BCUT2D eigenvalue weighted by Crippen LogP contribution is 2.31. The summed E-state index contributed by atoms with van der Waals surface area (Å²) in [6.45, 7) is 0. The molecule has 0 aliphatic heterocycles. The molecule has 0 aliphatic carbocycles. The molecule has 8 heteroatoms. The van der Waals surface area contributed by atoms with Gasteiger partial charge in [-0.1, -0.05) is 35.3 Å². The third-order valence-electron chi connectivity index (χ3n) is 3.89. The van der Waals surface area contributed by atoms with E-state index in [1.807, 2.05) is 12.1 Å². The number of aromatic nitrogens is 1. The molecule has 4 rings (SSSR count). The number of nitrogens with zero attached hydrogens (tertiary/aromatic N) is 1. The van der Waals surface area contributed by atoms with Crippen LogP contribution in [0.4, 0.5) is 10.8 Å². The van der Waals surface area contributed by atoms with Gasteiger partial charge in [0, 0.05) is 16.5 Å². The molecular formula is C19H12Cl2N2O3S. The van der Waals surface area contributed by atoms with Crippen LogP contribution < -0.4 is 15.7 Å². The summed E-state index contributed by atoms with van der Waals surface area (Å²) in [6.07, 6.45) is 0. The number of hydrogen-bond donors (Lipinski definition) is 1. The first-order chi connectivity index (χ1) is 13.0. The average molecular weight is 419 g/mol. The molecule has 0 saturated heterocycles. The van der Waals surface area contributed by atoms with Crippen LogP contribution in [0.25, 0.3) is 22.2 Å². The Balaban J connectivity index is 1.69. The van der Waals surface area contributed by atoms with Crippen molar-refractivity contribution < 1.29 is 9.15 Å². The maximum atomic E-state index is 12.4. The molecule has 2 aromatic heterocycles. The highest BCUT2D eigenvalue weighted by atomic mass is 35.5. The van der Waals surface area contributed by atoms with Crippen LogP contribution in [0.2, 0.25) is 10.0 Å². The summed E-state index contributed by atoms with van der Waals surface area (Å²) in [7, 11) is 1.53. The smallest absolute Gasteiger partial charge is 0.345 e. The molecule has 0 saturated carbocycles. The summed E-state index contributed by atoms with van der Waals surface area (Å²) >= 11 is 13.3. The van der Waals surface area contributed by atoms with Crippen molar-refractivity contribution in [2.45, 2.75) is 0 Å². The molecule has 4 aromatic rings. The largest absolute Gasteiger partial charge is 0.493 e. The molecule has 0 amide bonds. The maximum absolute atomic E-state index is 12.4. The Morgan fingerprint density at radius 1 is 1.15 bits per heavy atom. The first-order valence-electron chi connectivity index (χ1n) is 7.84. The Hall–Kier alpha value is -2.54. The van der Waals surface area contributed by atoms with E-state index in [0.717, 1.165) is 11.1 Å². The van der Waals surface area contributed by atoms with E-state index in [9.17, 15) is 4.79 Å². The molecule has 27 heavy (non-hydrogen) atoms. The van der Waals surface area contributed by atoms with E-state index in [4.69, 9.17) is 32.4 Å². The summed E-state index contributed by atoms with van der Waals surface area (Å²) in [5.74, 6) is 0.511. The van der Waals surface area contributed by atoms with Crippen LogP contribution in [0.15, 0.2) is 57.1 Å². The molecule has 0 atom stereocenters. The molecule has 0 fully saturated rings. The fourth-order valence-electron chi connectivity index (χ4n) is 2.61. The van der Waals surface area contributed by atoms with Gasteiger partial charge in [0.15, 0.2) is 16.5 Å². The van der Waals surface area contributed by atoms with Crippen LogP contribution in [-0.4, -0.2) is 12.1 Å². The van der Waals surface area contributed by atoms with E-state index in [1.54, 1.807) is 35.7 Å². The first kappa shape index (κ1) is 17.9. The van der Waals surface area contributed by atoms with Gasteiger partial charge in [-0.15, -0.1) is 11.3 Å². The number of hydrogen-bond acceptors (Lipinski definition) is 6. The summed E-state index contributed by atoms with van der Waals surface area (Å²) in [4.78, 5) is 16.9. The van der Waals surface area contributed by atoms with Crippen LogP contribution in [0.1, 0.15) is 0 Å². The molecule has 5 nitrogen and oxygen atoms in total. The number of thiazole rings is 1. The van der Waals surface area contributed by atoms with Gasteiger partial charge in [-0.3, -0.25) is 0 Å². The molecule has 0 spiro atoms. The third-order valence-corrected chi connectivity index (χ3v) is 5.39. The number of methoxy groups -OCH3 is 1. The van der Waals surface area contributed by atoms with Gasteiger partial charge in [0.1, 0.15) is 0 Å². The second-order valence-electron chi connectivity index (χ2n) is 5.62. The summed E-state index contributed by atoms with van der Waals surface area (Å²) in [5.41, 5.74) is 1.60. The highest BCUT2D eigenvalue weighted by Gasteiger charge is 2.14. The SMILES string of the molecule is COc1cccc2cc(-c3csc(Nc4ccc(Cl)c(Cl)c4)n3)c(=O)oc12. The summed E-state index contributed by atoms with van der Waals surface area (Å²) in [5, 5.41) is 7.24. The lowest BCUT2D eigenvalue weighted by molar-refractivity contribution is 0.407. The quantitative estimate of drug-likeness (QED) is 0.413. The number of anilines is 2. The van der Waals surface area contributed by atoms with Crippen molar-refractivity contribution in [3.8, 4) is 17.0 Å². The number of rotatable bonds is 4. The number of para-hydroxylation sites is 1. The van der Waals surface area contributed by atoms with Crippen molar-refractivity contribution in [1.29, 1.82) is 0 Å². The Bertz CT molecular complexity index is 1200. The van der Waals surface area contributed by atoms with Crippen LogP contribution >= 0.6 is 34.5 Å². The van der Waals surface area contributed by atoms with Crippen LogP contribution in [0, 0.1) is 0 Å². The van der Waals surface area contributed by atoms with Crippen molar-refractivity contribution >= 4 is 56.3 Å². The molecule has 2 heterocycles. The van der Waals surface area contributed by atoms with Crippen molar-refractivity contribution in [3.05, 3.63) is 68.3 Å². The standard InChI is InChI=1S/C19H12Cl2N2O3S/c1-25-16-4-2-3-10-7-12(18(24)26-17(10)16)15-9-27-19(23-15)22-11-5-6-13(20)14(21)8-11/h2-9H,1H3,(H,22,23). The van der Waals surface area contributed by atoms with E-state index in [1.165, 1.54) is 18.4 Å². The molecule has 1 N–H and O–H groups in total. The van der Waals surface area contributed by atoms with Gasteiger partial charge in [-0.2, -0.15) is 0 Å². The van der Waals surface area contributed by atoms with E-state index < -0.39 is 5.63 Å². The zero-order chi connectivity index (χ0) is 19.0. The predicted molar refractivity (Wildman–Crippen MR) is 110 cm³/mol. The zero-order valence-electron chi connectivity index (χ0n) is 14.0. The van der Waals surface area contributed by atoms with Crippen LogP contribution in [-0.2, 0) is 0 Å². The highest BCUT2D eigenvalue weighted by molar-refractivity contribution is 7.14. The first-order valence-corrected chi connectivity index (χ1v) is 9.47. The van der Waals surface area contributed by atoms with Crippen molar-refractivity contribution in [2.75, 3.05) is 12.4 Å². The Labute approximate surface area is 168 Å². The van der Waals surface area contributed by atoms with E-state index in [2.05, 4.69) is 10.3 Å². The van der Waals surface area contributed by atoms with E-state index in [0.29, 0.717) is 37.8 Å². The normalized spacial score (nSPS) is 10.9. The van der Waals surface area contributed by atoms with Crippen LogP contribution in [0.3, 0.4) is 0 Å². The van der Waals surface area contributed by atoms with Gasteiger partial charge in [0.2, 0.25) is 0 Å². The fraction of sp³-hybridized carbons (Fsp3) is 0.0526. The molecule has 0 unspecified atom stereocenters. The third kappa shape index (κ3) is 3.51. The number of ether oxygens (including phenoxy) is 1. The number of halogens is 2. The Morgan fingerprint density at radius 2 is 2.00 bits per heavy atom. The van der Waals surface area contributed by atoms with E-state index >= 15 is 0 Å². The van der Waals surface area contributed by atoms with Crippen LogP contribution in [0.5, 0.6) is 5.75 Å². The lowest BCUT2D eigenvalue weighted by Gasteiger charge is -2.05. The predicted octanol–water partition coefficient (Wildman–Crippen LogP) is 5.98. The minimum absolute atomic E-state index is 0.384. The number of benzene rings is 2. The Morgan fingerprint density at radius 3 is 2.78 bits per heavy atom. The molecule has 0 radical (unpaired) electrons. The minimum atomic E-state index is -0.474.